The van der Waals surface area contributed by atoms with Crippen LogP contribution in [0.25, 0.3) is 0 Å². The summed E-state index contributed by atoms with van der Waals surface area (Å²) in [7, 11) is 0. The number of hydrogen-bond donors (Lipinski definition) is 0. The number of amides is 1. The van der Waals surface area contributed by atoms with Gasteiger partial charge in [-0.25, -0.2) is 0 Å². The molecule has 0 aliphatic heterocycles. The van der Waals surface area contributed by atoms with E-state index in [9.17, 15) is 4.79 Å². The Morgan fingerprint density at radius 1 is 1.58 bits per heavy atom. The zero-order chi connectivity index (χ0) is 9.56. The van der Waals surface area contributed by atoms with E-state index in [2.05, 4.69) is 20.4 Å². The van der Waals surface area contributed by atoms with E-state index in [0.29, 0.717) is 5.92 Å². The molecule has 0 aliphatic carbocycles. The summed E-state index contributed by atoms with van der Waals surface area (Å²) in [4.78, 5) is 13.0. The van der Waals surface area contributed by atoms with Gasteiger partial charge in [0.25, 0.3) is 0 Å². The van der Waals surface area contributed by atoms with E-state index in [0.717, 1.165) is 19.5 Å². The molecule has 0 heterocycles. The van der Waals surface area contributed by atoms with Crippen molar-refractivity contribution in [1.82, 2.24) is 4.90 Å². The predicted molar refractivity (Wildman–Crippen MR) is 51.9 cm³/mol. The molecule has 0 atom stereocenters. The van der Waals surface area contributed by atoms with Gasteiger partial charge in [0.1, 0.15) is 0 Å². The molecule has 2 heteroatoms. The Bertz CT molecular complexity index is 152. The maximum atomic E-state index is 11.2. The van der Waals surface area contributed by atoms with Crippen molar-refractivity contribution in [1.29, 1.82) is 0 Å². The van der Waals surface area contributed by atoms with Crippen molar-refractivity contribution < 1.29 is 4.79 Å². The molecule has 0 N–H and O–H groups in total. The van der Waals surface area contributed by atoms with Crippen LogP contribution < -0.4 is 0 Å². The number of carbonyl (C=O) groups is 1. The van der Waals surface area contributed by atoms with E-state index >= 15 is 0 Å². The molecule has 0 saturated carbocycles. The number of carbonyl (C=O) groups excluding carboxylic acids is 1. The minimum Gasteiger partial charge on any atom is -0.339 e. The third-order valence-corrected chi connectivity index (χ3v) is 1.84. The maximum absolute atomic E-state index is 11.2. The van der Waals surface area contributed by atoms with Crippen LogP contribution in [0.3, 0.4) is 0 Å². The van der Waals surface area contributed by atoms with E-state index in [4.69, 9.17) is 0 Å². The number of hydrogen-bond acceptors (Lipinski definition) is 1. The fourth-order valence-electron chi connectivity index (χ4n) is 0.967. The van der Waals surface area contributed by atoms with E-state index in [1.54, 1.807) is 0 Å². The monoisotopic (exact) mass is 169 g/mol. The fraction of sp³-hybridized carbons (Fsp3) is 0.700. The number of nitrogens with zero attached hydrogens (tertiary/aromatic N) is 1. The second kappa shape index (κ2) is 5.81. The molecule has 0 saturated heterocycles. The van der Waals surface area contributed by atoms with Crippen LogP contribution in [0.15, 0.2) is 12.7 Å². The lowest BCUT2D eigenvalue weighted by molar-refractivity contribution is -0.125. The van der Waals surface area contributed by atoms with Gasteiger partial charge in [-0.3, -0.25) is 4.79 Å². The molecular formula is C10H19NO. The van der Waals surface area contributed by atoms with Gasteiger partial charge in [0, 0.05) is 13.1 Å². The van der Waals surface area contributed by atoms with Crippen molar-refractivity contribution in [2.75, 3.05) is 13.1 Å². The first kappa shape index (κ1) is 11.2. The van der Waals surface area contributed by atoms with Crippen molar-refractivity contribution in [3.8, 4) is 0 Å². The van der Waals surface area contributed by atoms with Gasteiger partial charge in [0.15, 0.2) is 0 Å². The second-order valence-corrected chi connectivity index (χ2v) is 3.30. The number of rotatable bonds is 5. The lowest BCUT2D eigenvalue weighted by atomic mass is 10.1. The first-order valence-electron chi connectivity index (χ1n) is 4.53. The van der Waals surface area contributed by atoms with Gasteiger partial charge >= 0.3 is 0 Å². The topological polar surface area (TPSA) is 20.3 Å². The highest BCUT2D eigenvalue weighted by Gasteiger charge is 2.07. The van der Waals surface area contributed by atoms with Gasteiger partial charge < -0.3 is 4.90 Å². The lowest BCUT2D eigenvalue weighted by Gasteiger charge is -2.19. The van der Waals surface area contributed by atoms with Gasteiger partial charge in [0.05, 0.1) is 0 Å². The van der Waals surface area contributed by atoms with Gasteiger partial charge in [-0.05, 0) is 25.3 Å². The van der Waals surface area contributed by atoms with Crippen LogP contribution in [0.4, 0.5) is 0 Å². The summed E-state index contributed by atoms with van der Waals surface area (Å²) in [5.74, 6) is 0.690. The molecule has 1 amide bonds. The summed E-state index contributed by atoms with van der Waals surface area (Å²) in [5, 5.41) is 0. The highest BCUT2D eigenvalue weighted by atomic mass is 16.2. The molecule has 0 rings (SSSR count). The molecule has 2 nitrogen and oxygen atoms in total. The third kappa shape index (κ3) is 4.16. The van der Waals surface area contributed by atoms with Crippen LogP contribution in [0.1, 0.15) is 27.2 Å². The fourth-order valence-corrected chi connectivity index (χ4v) is 0.967. The SMILES string of the molecule is C=CC(=O)N(CC)CCC(C)C. The Morgan fingerprint density at radius 3 is 2.50 bits per heavy atom. The van der Waals surface area contributed by atoms with Crippen molar-refractivity contribution in [2.45, 2.75) is 27.2 Å². The molecule has 0 aromatic rings. The molecular weight excluding hydrogens is 150 g/mol. The summed E-state index contributed by atoms with van der Waals surface area (Å²) in [6.07, 6.45) is 2.44. The summed E-state index contributed by atoms with van der Waals surface area (Å²) < 4.78 is 0. The molecule has 0 bridgehead atoms. The van der Waals surface area contributed by atoms with Crippen molar-refractivity contribution >= 4 is 5.91 Å². The number of likely N-dealkylation sites (N-methyl/N-ethyl adjacent to an activating group) is 1. The summed E-state index contributed by atoms with van der Waals surface area (Å²) in [6, 6.07) is 0. The average molecular weight is 169 g/mol. The Balaban J connectivity index is 3.83. The molecule has 0 aliphatic rings. The van der Waals surface area contributed by atoms with Gasteiger partial charge in [-0.2, -0.15) is 0 Å². The Kier molecular flexibility index (Phi) is 5.43. The summed E-state index contributed by atoms with van der Waals surface area (Å²) in [5.41, 5.74) is 0. The zero-order valence-corrected chi connectivity index (χ0v) is 8.34. The van der Waals surface area contributed by atoms with Crippen molar-refractivity contribution in [3.05, 3.63) is 12.7 Å². The first-order chi connectivity index (χ1) is 5.61. The van der Waals surface area contributed by atoms with E-state index in [1.165, 1.54) is 6.08 Å². The van der Waals surface area contributed by atoms with Crippen LogP contribution in [0.2, 0.25) is 0 Å². The summed E-state index contributed by atoms with van der Waals surface area (Å²) >= 11 is 0. The third-order valence-electron chi connectivity index (χ3n) is 1.84. The minimum absolute atomic E-state index is 0.0400. The normalized spacial score (nSPS) is 10.0. The van der Waals surface area contributed by atoms with E-state index in [1.807, 2.05) is 11.8 Å². The molecule has 0 aromatic carbocycles. The van der Waals surface area contributed by atoms with Crippen LogP contribution >= 0.6 is 0 Å². The second-order valence-electron chi connectivity index (χ2n) is 3.30. The molecule has 0 spiro atoms. The minimum atomic E-state index is 0.0400. The Labute approximate surface area is 75.3 Å². The molecule has 0 fully saturated rings. The maximum Gasteiger partial charge on any atom is 0.245 e. The summed E-state index contributed by atoms with van der Waals surface area (Å²) in [6.45, 7) is 11.4. The molecule has 0 radical (unpaired) electrons. The van der Waals surface area contributed by atoms with Crippen LogP contribution in [-0.4, -0.2) is 23.9 Å². The molecule has 0 aromatic heterocycles. The van der Waals surface area contributed by atoms with Gasteiger partial charge in [-0.1, -0.05) is 20.4 Å². The zero-order valence-electron chi connectivity index (χ0n) is 8.34. The molecule has 12 heavy (non-hydrogen) atoms. The van der Waals surface area contributed by atoms with Gasteiger partial charge in [0.2, 0.25) is 5.91 Å². The molecule has 0 unspecified atom stereocenters. The Morgan fingerprint density at radius 2 is 2.17 bits per heavy atom. The van der Waals surface area contributed by atoms with Crippen LogP contribution in [0.5, 0.6) is 0 Å². The predicted octanol–water partition coefficient (Wildman–Crippen LogP) is 2.07. The smallest absolute Gasteiger partial charge is 0.245 e. The Hall–Kier alpha value is -0.790. The molecule has 70 valence electrons. The quantitative estimate of drug-likeness (QED) is 0.577. The van der Waals surface area contributed by atoms with Gasteiger partial charge in [-0.15, -0.1) is 0 Å². The highest BCUT2D eigenvalue weighted by Crippen LogP contribution is 2.02. The van der Waals surface area contributed by atoms with Crippen LogP contribution in [-0.2, 0) is 4.79 Å². The lowest BCUT2D eigenvalue weighted by Crippen LogP contribution is -2.30. The van der Waals surface area contributed by atoms with Crippen molar-refractivity contribution in [3.63, 3.8) is 0 Å². The average Bonchev–Trinajstić information content (AvgIpc) is 2.04. The largest absolute Gasteiger partial charge is 0.339 e. The first-order valence-corrected chi connectivity index (χ1v) is 4.53. The highest BCUT2D eigenvalue weighted by molar-refractivity contribution is 5.86. The van der Waals surface area contributed by atoms with E-state index < -0.39 is 0 Å². The van der Waals surface area contributed by atoms with E-state index in [-0.39, 0.29) is 5.91 Å². The van der Waals surface area contributed by atoms with Crippen molar-refractivity contribution in [2.24, 2.45) is 5.92 Å². The van der Waals surface area contributed by atoms with Crippen LogP contribution in [0, 0.1) is 5.92 Å². The standard InChI is InChI=1S/C10H19NO/c1-5-10(12)11(6-2)8-7-9(3)4/h5,9H,1,6-8H2,2-4H3.